The summed E-state index contributed by atoms with van der Waals surface area (Å²) >= 11 is 0. The average Bonchev–Trinajstić information content (AvgIpc) is 2.88. The lowest BCUT2D eigenvalue weighted by Gasteiger charge is -2.24. The minimum atomic E-state index is -0.136. The Kier molecular flexibility index (Phi) is 4.53. The highest BCUT2D eigenvalue weighted by molar-refractivity contribution is 6.00. The number of nitrogens with one attached hydrogen (secondary N) is 2. The molecule has 5 heteroatoms. The predicted molar refractivity (Wildman–Crippen MR) is 85.1 cm³/mol. The molecule has 21 heavy (non-hydrogen) atoms. The summed E-state index contributed by atoms with van der Waals surface area (Å²) < 4.78 is 0. The predicted octanol–water partition coefficient (Wildman–Crippen LogP) is 2.28. The molecule has 0 spiro atoms. The fourth-order valence-corrected chi connectivity index (χ4v) is 2.36. The van der Waals surface area contributed by atoms with Crippen LogP contribution in [0.3, 0.4) is 0 Å². The van der Waals surface area contributed by atoms with E-state index in [0.29, 0.717) is 17.9 Å². The number of nitrogen functional groups attached to an aromatic ring is 1. The molecule has 0 aliphatic heterocycles. The highest BCUT2D eigenvalue weighted by atomic mass is 16.2. The molecular formula is C16H23N3O2. The molecule has 5 N–H and O–H groups in total. The summed E-state index contributed by atoms with van der Waals surface area (Å²) in [6.07, 6.45) is 1.61. The molecule has 5 nitrogen and oxygen atoms in total. The quantitative estimate of drug-likeness (QED) is 0.615. The molecule has 0 bridgehead atoms. The van der Waals surface area contributed by atoms with Gasteiger partial charge in [-0.05, 0) is 30.4 Å². The van der Waals surface area contributed by atoms with Gasteiger partial charge in [0.2, 0.25) is 0 Å². The minimum Gasteiger partial charge on any atom is -0.397 e. The van der Waals surface area contributed by atoms with E-state index in [9.17, 15) is 4.79 Å². The van der Waals surface area contributed by atoms with Crippen molar-refractivity contribution in [2.45, 2.75) is 26.7 Å². The van der Waals surface area contributed by atoms with Crippen LogP contribution in [0, 0.1) is 5.41 Å². The van der Waals surface area contributed by atoms with E-state index < -0.39 is 0 Å². The largest absolute Gasteiger partial charge is 0.397 e. The zero-order valence-electron chi connectivity index (χ0n) is 12.6. The summed E-state index contributed by atoms with van der Waals surface area (Å²) in [6, 6.07) is 7.40. The molecule has 0 saturated heterocycles. The summed E-state index contributed by atoms with van der Waals surface area (Å²) in [6.45, 7) is 4.90. The van der Waals surface area contributed by atoms with Crippen LogP contribution in [0.5, 0.6) is 0 Å². The Morgan fingerprint density at radius 3 is 2.86 bits per heavy atom. The third-order valence-corrected chi connectivity index (χ3v) is 3.67. The summed E-state index contributed by atoms with van der Waals surface area (Å²) in [5.74, 6) is -0.136. The maximum atomic E-state index is 12.2. The third kappa shape index (κ3) is 3.76. The van der Waals surface area contributed by atoms with Crippen LogP contribution < -0.4 is 11.1 Å². The van der Waals surface area contributed by atoms with Gasteiger partial charge in [-0.3, -0.25) is 4.79 Å². The monoisotopic (exact) mass is 289 g/mol. The van der Waals surface area contributed by atoms with Crippen LogP contribution in [0.15, 0.2) is 24.3 Å². The minimum absolute atomic E-state index is 0.0383. The van der Waals surface area contributed by atoms with Crippen LogP contribution in [0.25, 0.3) is 10.9 Å². The van der Waals surface area contributed by atoms with Gasteiger partial charge in [-0.1, -0.05) is 26.0 Å². The van der Waals surface area contributed by atoms with Crippen molar-refractivity contribution in [2.24, 2.45) is 5.41 Å². The van der Waals surface area contributed by atoms with Crippen molar-refractivity contribution in [3.05, 3.63) is 30.0 Å². The Morgan fingerprint density at radius 1 is 1.43 bits per heavy atom. The lowest BCUT2D eigenvalue weighted by Crippen LogP contribution is -2.34. The van der Waals surface area contributed by atoms with E-state index in [-0.39, 0.29) is 17.9 Å². The second kappa shape index (κ2) is 6.18. The van der Waals surface area contributed by atoms with Crippen LogP contribution in [-0.2, 0) is 0 Å². The van der Waals surface area contributed by atoms with Crippen LogP contribution in [0.1, 0.15) is 37.2 Å². The van der Waals surface area contributed by atoms with Gasteiger partial charge in [-0.15, -0.1) is 0 Å². The van der Waals surface area contributed by atoms with Crippen LogP contribution >= 0.6 is 0 Å². The number of benzene rings is 1. The number of rotatable bonds is 6. The molecule has 1 aromatic carbocycles. The standard InChI is InChI=1S/C16H23N3O2/c1-16(2,7-4-8-20)10-18-15(21)13-9-11-5-3-6-12(17)14(11)19-13/h3,5-6,9,19-20H,4,7-8,10,17H2,1-2H3,(H,18,21). The summed E-state index contributed by atoms with van der Waals surface area (Å²) in [5, 5.41) is 12.8. The molecule has 1 aromatic heterocycles. The van der Waals surface area contributed by atoms with Gasteiger partial charge in [0.05, 0.1) is 11.2 Å². The topological polar surface area (TPSA) is 91.1 Å². The van der Waals surface area contributed by atoms with Crippen molar-refractivity contribution in [2.75, 3.05) is 18.9 Å². The molecule has 2 rings (SSSR count). The van der Waals surface area contributed by atoms with Crippen molar-refractivity contribution < 1.29 is 9.90 Å². The number of anilines is 1. The molecule has 0 aliphatic carbocycles. The number of amides is 1. The van der Waals surface area contributed by atoms with Gasteiger partial charge < -0.3 is 21.1 Å². The number of carbonyl (C=O) groups excluding carboxylic acids is 1. The highest BCUT2D eigenvalue weighted by Gasteiger charge is 2.19. The molecule has 0 aliphatic rings. The molecule has 1 heterocycles. The maximum absolute atomic E-state index is 12.2. The van der Waals surface area contributed by atoms with E-state index in [2.05, 4.69) is 24.1 Å². The number of aliphatic hydroxyl groups excluding tert-OH is 1. The first-order chi connectivity index (χ1) is 9.93. The third-order valence-electron chi connectivity index (χ3n) is 3.67. The number of hydrogen-bond donors (Lipinski definition) is 4. The normalized spacial score (nSPS) is 11.8. The average molecular weight is 289 g/mol. The van der Waals surface area contributed by atoms with E-state index in [4.69, 9.17) is 10.8 Å². The molecule has 114 valence electrons. The number of para-hydroxylation sites is 1. The number of nitrogens with two attached hydrogens (primary N) is 1. The Hall–Kier alpha value is -2.01. The SMILES string of the molecule is CC(C)(CCCO)CNC(=O)c1cc2cccc(N)c2[nH]1. The van der Waals surface area contributed by atoms with Gasteiger partial charge in [0.1, 0.15) is 5.69 Å². The fraction of sp³-hybridized carbons (Fsp3) is 0.438. The molecule has 0 fully saturated rings. The lowest BCUT2D eigenvalue weighted by atomic mass is 9.88. The van der Waals surface area contributed by atoms with Crippen LogP contribution in [0.4, 0.5) is 5.69 Å². The van der Waals surface area contributed by atoms with Crippen molar-refractivity contribution in [3.63, 3.8) is 0 Å². The lowest BCUT2D eigenvalue weighted by molar-refractivity contribution is 0.0929. The first-order valence-corrected chi connectivity index (χ1v) is 7.19. The van der Waals surface area contributed by atoms with Crippen molar-refractivity contribution >= 4 is 22.5 Å². The van der Waals surface area contributed by atoms with Gasteiger partial charge in [0, 0.05) is 18.5 Å². The number of aromatic amines is 1. The van der Waals surface area contributed by atoms with Gasteiger partial charge >= 0.3 is 0 Å². The molecule has 0 saturated carbocycles. The summed E-state index contributed by atoms with van der Waals surface area (Å²) in [5.41, 5.74) is 7.79. The van der Waals surface area contributed by atoms with E-state index >= 15 is 0 Å². The molecule has 0 atom stereocenters. The van der Waals surface area contributed by atoms with Gasteiger partial charge in [0.25, 0.3) is 5.91 Å². The Morgan fingerprint density at radius 2 is 2.19 bits per heavy atom. The van der Waals surface area contributed by atoms with Gasteiger partial charge in [-0.25, -0.2) is 0 Å². The number of aliphatic hydroxyl groups is 1. The number of hydrogen-bond acceptors (Lipinski definition) is 3. The van der Waals surface area contributed by atoms with Crippen LogP contribution in [0.2, 0.25) is 0 Å². The molecule has 2 aromatic rings. The molecule has 1 amide bonds. The van der Waals surface area contributed by atoms with E-state index in [1.54, 1.807) is 6.07 Å². The fourth-order valence-electron chi connectivity index (χ4n) is 2.36. The molecular weight excluding hydrogens is 266 g/mol. The first-order valence-electron chi connectivity index (χ1n) is 7.19. The molecule has 0 unspecified atom stereocenters. The second-order valence-corrected chi connectivity index (χ2v) is 6.17. The second-order valence-electron chi connectivity index (χ2n) is 6.17. The van der Waals surface area contributed by atoms with E-state index in [1.165, 1.54) is 0 Å². The first kappa shape index (κ1) is 15.4. The van der Waals surface area contributed by atoms with Crippen molar-refractivity contribution in [1.29, 1.82) is 0 Å². The Bertz CT molecular complexity index is 631. The number of aromatic nitrogens is 1. The van der Waals surface area contributed by atoms with Crippen LogP contribution in [-0.4, -0.2) is 29.1 Å². The number of fused-ring (bicyclic) bond motifs is 1. The Labute approximate surface area is 124 Å². The zero-order valence-corrected chi connectivity index (χ0v) is 12.6. The smallest absolute Gasteiger partial charge is 0.267 e. The van der Waals surface area contributed by atoms with E-state index in [0.717, 1.165) is 23.7 Å². The zero-order chi connectivity index (χ0) is 15.5. The summed E-state index contributed by atoms with van der Waals surface area (Å²) in [7, 11) is 0. The van der Waals surface area contributed by atoms with Gasteiger partial charge in [-0.2, -0.15) is 0 Å². The van der Waals surface area contributed by atoms with Gasteiger partial charge in [0.15, 0.2) is 0 Å². The summed E-state index contributed by atoms with van der Waals surface area (Å²) in [4.78, 5) is 15.3. The van der Waals surface area contributed by atoms with E-state index in [1.807, 2.05) is 18.2 Å². The van der Waals surface area contributed by atoms with Crippen molar-refractivity contribution in [1.82, 2.24) is 10.3 Å². The number of H-pyrrole nitrogens is 1. The molecule has 0 radical (unpaired) electrons. The maximum Gasteiger partial charge on any atom is 0.267 e. The Balaban J connectivity index is 2.04. The highest BCUT2D eigenvalue weighted by Crippen LogP contribution is 2.23. The van der Waals surface area contributed by atoms with Crippen molar-refractivity contribution in [3.8, 4) is 0 Å². The number of carbonyl (C=O) groups is 1.